The molecule has 4 nitrogen and oxygen atoms in total. The van der Waals surface area contributed by atoms with Crippen molar-refractivity contribution in [3.05, 3.63) is 15.6 Å². The second kappa shape index (κ2) is 11.2. The highest BCUT2D eigenvalue weighted by atomic mass is 127. The molecule has 0 aliphatic carbocycles. The van der Waals surface area contributed by atoms with Crippen LogP contribution in [-0.2, 0) is 6.54 Å². The number of unbranched alkanes of at least 4 members (excludes halogenated alkanes) is 2. The number of nitrogens with zero attached hydrogens (tertiary/aromatic N) is 2. The molecule has 1 atom stereocenters. The summed E-state index contributed by atoms with van der Waals surface area (Å²) in [4.78, 5) is 10.0. The Hall–Kier alpha value is -0.370. The fraction of sp³-hybridized carbons (Fsp3) is 0.733. The monoisotopic (exact) mass is 424 g/mol. The Morgan fingerprint density at radius 2 is 2.05 bits per heavy atom. The Morgan fingerprint density at radius 3 is 2.57 bits per heavy atom. The number of hydrogen-bond donors (Lipinski definition) is 2. The van der Waals surface area contributed by atoms with E-state index in [1.807, 2.05) is 14.0 Å². The second-order valence-electron chi connectivity index (χ2n) is 5.21. The van der Waals surface area contributed by atoms with Gasteiger partial charge in [-0.3, -0.25) is 4.99 Å². The summed E-state index contributed by atoms with van der Waals surface area (Å²) in [7, 11) is 1.82. The Labute approximate surface area is 150 Å². The largest absolute Gasteiger partial charge is 0.354 e. The molecule has 0 radical (unpaired) electrons. The molecule has 1 aromatic rings. The number of rotatable bonds is 7. The van der Waals surface area contributed by atoms with E-state index in [-0.39, 0.29) is 24.0 Å². The molecule has 0 bridgehead atoms. The van der Waals surface area contributed by atoms with E-state index in [0.29, 0.717) is 6.04 Å². The van der Waals surface area contributed by atoms with Gasteiger partial charge in [0.25, 0.3) is 0 Å². The molecule has 21 heavy (non-hydrogen) atoms. The van der Waals surface area contributed by atoms with E-state index >= 15 is 0 Å². The molecule has 1 unspecified atom stereocenters. The van der Waals surface area contributed by atoms with Crippen LogP contribution in [0.4, 0.5) is 0 Å². The van der Waals surface area contributed by atoms with E-state index in [1.54, 1.807) is 11.3 Å². The van der Waals surface area contributed by atoms with Crippen molar-refractivity contribution in [2.75, 3.05) is 7.05 Å². The highest BCUT2D eigenvalue weighted by Gasteiger charge is 2.08. The van der Waals surface area contributed by atoms with E-state index in [2.05, 4.69) is 41.4 Å². The average Bonchev–Trinajstić information content (AvgIpc) is 2.73. The maximum Gasteiger partial charge on any atom is 0.191 e. The van der Waals surface area contributed by atoms with Crippen molar-refractivity contribution in [1.82, 2.24) is 15.6 Å². The summed E-state index contributed by atoms with van der Waals surface area (Å²) in [6, 6.07) is 0.456. The van der Waals surface area contributed by atoms with Crippen LogP contribution in [0, 0.1) is 13.8 Å². The molecule has 0 aliphatic heterocycles. The van der Waals surface area contributed by atoms with Gasteiger partial charge in [-0.2, -0.15) is 0 Å². The zero-order valence-electron chi connectivity index (χ0n) is 13.8. The van der Waals surface area contributed by atoms with Gasteiger partial charge in [0.1, 0.15) is 0 Å². The van der Waals surface area contributed by atoms with Crippen molar-refractivity contribution in [1.29, 1.82) is 0 Å². The van der Waals surface area contributed by atoms with Crippen molar-refractivity contribution in [2.24, 2.45) is 4.99 Å². The van der Waals surface area contributed by atoms with Crippen molar-refractivity contribution in [3.63, 3.8) is 0 Å². The molecular formula is C15H29IN4S. The number of halogens is 1. The molecule has 0 aliphatic rings. The summed E-state index contributed by atoms with van der Waals surface area (Å²) in [5, 5.41) is 7.94. The SMILES string of the molecule is CCCCCC(C)NC(=NC)NCc1sc(C)nc1C.I. The van der Waals surface area contributed by atoms with Crippen LogP contribution in [0.15, 0.2) is 4.99 Å². The number of aryl methyl sites for hydroxylation is 2. The molecule has 0 aromatic carbocycles. The summed E-state index contributed by atoms with van der Waals surface area (Å²) in [6.45, 7) is 9.34. The zero-order valence-corrected chi connectivity index (χ0v) is 17.0. The normalized spacial score (nSPS) is 12.7. The van der Waals surface area contributed by atoms with Crippen LogP contribution in [0.5, 0.6) is 0 Å². The van der Waals surface area contributed by atoms with Gasteiger partial charge < -0.3 is 10.6 Å². The van der Waals surface area contributed by atoms with E-state index in [4.69, 9.17) is 0 Å². The fourth-order valence-corrected chi connectivity index (χ4v) is 2.98. The lowest BCUT2D eigenvalue weighted by atomic mass is 10.1. The lowest BCUT2D eigenvalue weighted by Crippen LogP contribution is -2.41. The van der Waals surface area contributed by atoms with Gasteiger partial charge in [0.15, 0.2) is 5.96 Å². The lowest BCUT2D eigenvalue weighted by Gasteiger charge is -2.17. The van der Waals surface area contributed by atoms with Crippen molar-refractivity contribution in [2.45, 2.75) is 66.0 Å². The van der Waals surface area contributed by atoms with Crippen LogP contribution in [0.1, 0.15) is 55.1 Å². The predicted molar refractivity (Wildman–Crippen MR) is 104 cm³/mol. The summed E-state index contributed by atoms with van der Waals surface area (Å²) in [6.07, 6.45) is 5.03. The van der Waals surface area contributed by atoms with E-state index in [9.17, 15) is 0 Å². The Kier molecular flexibility index (Phi) is 11.0. The molecule has 1 heterocycles. The molecule has 6 heteroatoms. The molecule has 0 saturated heterocycles. The van der Waals surface area contributed by atoms with E-state index in [0.717, 1.165) is 23.2 Å². The van der Waals surface area contributed by atoms with Gasteiger partial charge in [0, 0.05) is 18.0 Å². The smallest absolute Gasteiger partial charge is 0.191 e. The molecule has 0 spiro atoms. The van der Waals surface area contributed by atoms with Crippen LogP contribution in [-0.4, -0.2) is 24.0 Å². The topological polar surface area (TPSA) is 49.3 Å². The number of nitrogens with one attached hydrogen (secondary N) is 2. The molecule has 0 saturated carbocycles. The van der Waals surface area contributed by atoms with Crippen molar-refractivity contribution < 1.29 is 0 Å². The van der Waals surface area contributed by atoms with E-state index < -0.39 is 0 Å². The highest BCUT2D eigenvalue weighted by Crippen LogP contribution is 2.16. The van der Waals surface area contributed by atoms with Gasteiger partial charge in [-0.1, -0.05) is 26.2 Å². The van der Waals surface area contributed by atoms with E-state index in [1.165, 1.54) is 30.6 Å². The van der Waals surface area contributed by atoms with Gasteiger partial charge in [-0.15, -0.1) is 35.3 Å². The fourth-order valence-electron chi connectivity index (χ4n) is 2.10. The van der Waals surface area contributed by atoms with Crippen molar-refractivity contribution in [3.8, 4) is 0 Å². The second-order valence-corrected chi connectivity index (χ2v) is 6.50. The van der Waals surface area contributed by atoms with Crippen LogP contribution < -0.4 is 10.6 Å². The maximum atomic E-state index is 4.44. The van der Waals surface area contributed by atoms with Gasteiger partial charge in [-0.25, -0.2) is 4.98 Å². The standard InChI is InChI=1S/C15H28N4S.HI/c1-6-7-8-9-11(2)18-15(16-5)17-10-14-12(3)19-13(4)20-14;/h11H,6-10H2,1-5H3,(H2,16,17,18);1H. The van der Waals surface area contributed by atoms with Gasteiger partial charge in [0.05, 0.1) is 17.2 Å². The van der Waals surface area contributed by atoms with Crippen LogP contribution in [0.25, 0.3) is 0 Å². The molecule has 122 valence electrons. The third-order valence-electron chi connectivity index (χ3n) is 3.26. The first kappa shape index (κ1) is 20.6. The first-order valence-electron chi connectivity index (χ1n) is 7.46. The summed E-state index contributed by atoms with van der Waals surface area (Å²) >= 11 is 1.75. The minimum Gasteiger partial charge on any atom is -0.354 e. The molecule has 0 amide bonds. The Bertz CT molecular complexity index is 431. The van der Waals surface area contributed by atoms with Gasteiger partial charge in [0.2, 0.25) is 0 Å². The molecule has 0 fully saturated rings. The number of aromatic nitrogens is 1. The third-order valence-corrected chi connectivity index (χ3v) is 4.34. The minimum absolute atomic E-state index is 0. The highest BCUT2D eigenvalue weighted by molar-refractivity contribution is 14.0. The molecular weight excluding hydrogens is 395 g/mol. The number of guanidine groups is 1. The summed E-state index contributed by atoms with van der Waals surface area (Å²) in [5.74, 6) is 0.874. The zero-order chi connectivity index (χ0) is 15.0. The number of hydrogen-bond acceptors (Lipinski definition) is 3. The first-order chi connectivity index (χ1) is 9.56. The molecule has 2 N–H and O–H groups in total. The maximum absolute atomic E-state index is 4.44. The van der Waals surface area contributed by atoms with Crippen LogP contribution in [0.2, 0.25) is 0 Å². The molecule has 1 rings (SSSR count). The lowest BCUT2D eigenvalue weighted by molar-refractivity contribution is 0.547. The summed E-state index contributed by atoms with van der Waals surface area (Å²) in [5.41, 5.74) is 1.12. The quantitative estimate of drug-likeness (QED) is 0.301. The Morgan fingerprint density at radius 1 is 1.33 bits per heavy atom. The van der Waals surface area contributed by atoms with Crippen LogP contribution in [0.3, 0.4) is 0 Å². The predicted octanol–water partition coefficient (Wildman–Crippen LogP) is 4.01. The third kappa shape index (κ3) is 7.99. The minimum atomic E-state index is 0. The number of thiazole rings is 1. The number of aliphatic imine (C=N–C) groups is 1. The van der Waals surface area contributed by atoms with Gasteiger partial charge >= 0.3 is 0 Å². The van der Waals surface area contributed by atoms with Crippen LogP contribution >= 0.6 is 35.3 Å². The summed E-state index contributed by atoms with van der Waals surface area (Å²) < 4.78 is 0. The van der Waals surface area contributed by atoms with Crippen molar-refractivity contribution >= 4 is 41.3 Å². The first-order valence-corrected chi connectivity index (χ1v) is 8.28. The molecule has 1 aromatic heterocycles. The average molecular weight is 424 g/mol. The van der Waals surface area contributed by atoms with Gasteiger partial charge in [-0.05, 0) is 27.2 Å². The Balaban J connectivity index is 0.00000400.